The molecule has 0 saturated carbocycles. The molecule has 0 aliphatic carbocycles. The molecule has 3 aromatic rings. The molecule has 0 aromatic heterocycles. The van der Waals surface area contributed by atoms with Gasteiger partial charge in [0.15, 0.2) is 5.75 Å². The van der Waals surface area contributed by atoms with Gasteiger partial charge in [-0.1, -0.05) is 42.5 Å². The number of nitrogens with one attached hydrogen (secondary N) is 2. The maximum atomic E-state index is 12.3. The van der Waals surface area contributed by atoms with Crippen molar-refractivity contribution in [1.29, 1.82) is 0 Å². The third kappa shape index (κ3) is 6.10. The van der Waals surface area contributed by atoms with Crippen molar-refractivity contribution in [3.8, 4) is 17.2 Å². The molecule has 0 spiro atoms. The topological polar surface area (TPSA) is 76.7 Å². The molecule has 0 bridgehead atoms. The van der Waals surface area contributed by atoms with Crippen molar-refractivity contribution in [3.05, 3.63) is 84.4 Å². The van der Waals surface area contributed by atoms with Crippen LogP contribution in [0, 0.1) is 0 Å². The van der Waals surface area contributed by atoms with Crippen LogP contribution in [0.5, 0.6) is 17.2 Å². The monoisotopic (exact) mass is 390 g/mol. The average Bonchev–Trinajstić information content (AvgIpc) is 2.75. The highest BCUT2D eigenvalue weighted by atomic mass is 16.5. The Morgan fingerprint density at radius 3 is 2.21 bits per heavy atom. The predicted octanol–water partition coefficient (Wildman–Crippen LogP) is 3.78. The van der Waals surface area contributed by atoms with E-state index < -0.39 is 0 Å². The Kier molecular flexibility index (Phi) is 6.84. The first-order chi connectivity index (χ1) is 14.1. The summed E-state index contributed by atoms with van der Waals surface area (Å²) in [5, 5.41) is 5.40. The van der Waals surface area contributed by atoms with Gasteiger partial charge in [-0.05, 0) is 42.0 Å². The highest BCUT2D eigenvalue weighted by Crippen LogP contribution is 2.28. The summed E-state index contributed by atoms with van der Waals surface area (Å²) < 4.78 is 10.9. The highest BCUT2D eigenvalue weighted by molar-refractivity contribution is 5.95. The summed E-state index contributed by atoms with van der Waals surface area (Å²) in [6.07, 6.45) is 0.185. The van der Waals surface area contributed by atoms with Crippen LogP contribution >= 0.6 is 0 Å². The van der Waals surface area contributed by atoms with E-state index in [2.05, 4.69) is 10.6 Å². The molecular formula is C23H22N2O4. The van der Waals surface area contributed by atoms with E-state index in [9.17, 15) is 9.59 Å². The molecule has 2 N–H and O–H groups in total. The molecule has 0 heterocycles. The van der Waals surface area contributed by atoms with Crippen LogP contribution in [0.25, 0.3) is 0 Å². The second kappa shape index (κ2) is 9.94. The van der Waals surface area contributed by atoms with Gasteiger partial charge in [-0.25, -0.2) is 0 Å². The van der Waals surface area contributed by atoms with Gasteiger partial charge < -0.3 is 20.1 Å². The number of ether oxygens (including phenoxy) is 2. The molecule has 0 saturated heterocycles. The molecule has 0 fully saturated rings. The first kappa shape index (κ1) is 19.9. The van der Waals surface area contributed by atoms with Gasteiger partial charge in [0.2, 0.25) is 11.8 Å². The Labute approximate surface area is 169 Å². The summed E-state index contributed by atoms with van der Waals surface area (Å²) in [6.45, 7) is -0.130. The SMILES string of the molecule is COc1ccc(CC(=O)NCC(=O)Nc2ccccc2Oc2ccccc2)cc1. The van der Waals surface area contributed by atoms with E-state index in [-0.39, 0.29) is 24.8 Å². The van der Waals surface area contributed by atoms with Crippen LogP contribution < -0.4 is 20.1 Å². The smallest absolute Gasteiger partial charge is 0.243 e. The van der Waals surface area contributed by atoms with Crippen LogP contribution in [-0.4, -0.2) is 25.5 Å². The molecule has 0 aliphatic rings. The Bertz CT molecular complexity index is 956. The summed E-state index contributed by atoms with van der Waals surface area (Å²) >= 11 is 0. The minimum atomic E-state index is -0.336. The van der Waals surface area contributed by atoms with Crippen LogP contribution in [0.2, 0.25) is 0 Å². The minimum Gasteiger partial charge on any atom is -0.497 e. The Balaban J connectivity index is 1.52. The minimum absolute atomic E-state index is 0.130. The molecule has 2 amide bonds. The lowest BCUT2D eigenvalue weighted by atomic mass is 10.1. The first-order valence-corrected chi connectivity index (χ1v) is 9.15. The molecule has 6 nitrogen and oxygen atoms in total. The van der Waals surface area contributed by atoms with Crippen LogP contribution in [0.15, 0.2) is 78.9 Å². The summed E-state index contributed by atoms with van der Waals surface area (Å²) in [6, 6.07) is 23.7. The normalized spacial score (nSPS) is 10.1. The molecule has 0 unspecified atom stereocenters. The lowest BCUT2D eigenvalue weighted by Gasteiger charge is -2.12. The summed E-state index contributed by atoms with van der Waals surface area (Å²) in [5.41, 5.74) is 1.37. The van der Waals surface area contributed by atoms with Gasteiger partial charge in [-0.3, -0.25) is 9.59 Å². The average molecular weight is 390 g/mol. The molecular weight excluding hydrogens is 368 g/mol. The summed E-state index contributed by atoms with van der Waals surface area (Å²) in [5.74, 6) is 1.35. The number of anilines is 1. The summed E-state index contributed by atoms with van der Waals surface area (Å²) in [7, 11) is 1.59. The lowest BCUT2D eigenvalue weighted by Crippen LogP contribution is -2.33. The molecule has 0 aliphatic heterocycles. The van der Waals surface area contributed by atoms with E-state index in [0.717, 1.165) is 11.3 Å². The number of methoxy groups -OCH3 is 1. The lowest BCUT2D eigenvalue weighted by molar-refractivity contribution is -0.123. The molecule has 0 radical (unpaired) electrons. The van der Waals surface area contributed by atoms with Crippen molar-refractivity contribution < 1.29 is 19.1 Å². The van der Waals surface area contributed by atoms with E-state index in [1.165, 1.54) is 0 Å². The van der Waals surface area contributed by atoms with Gasteiger partial charge in [0.1, 0.15) is 11.5 Å². The summed E-state index contributed by atoms with van der Waals surface area (Å²) in [4.78, 5) is 24.3. The number of amides is 2. The highest BCUT2D eigenvalue weighted by Gasteiger charge is 2.10. The van der Waals surface area contributed by atoms with Crippen molar-refractivity contribution in [2.45, 2.75) is 6.42 Å². The number of benzene rings is 3. The van der Waals surface area contributed by atoms with Gasteiger partial charge in [0.05, 0.1) is 25.8 Å². The van der Waals surface area contributed by atoms with Crippen LogP contribution in [0.3, 0.4) is 0 Å². The van der Waals surface area contributed by atoms with E-state index in [4.69, 9.17) is 9.47 Å². The zero-order valence-electron chi connectivity index (χ0n) is 16.1. The molecule has 29 heavy (non-hydrogen) atoms. The van der Waals surface area contributed by atoms with Gasteiger partial charge in [-0.2, -0.15) is 0 Å². The Hall–Kier alpha value is -3.80. The third-order valence-electron chi connectivity index (χ3n) is 4.10. The number of hydrogen-bond acceptors (Lipinski definition) is 4. The molecule has 148 valence electrons. The van der Waals surface area contributed by atoms with Crippen molar-refractivity contribution in [2.24, 2.45) is 0 Å². The quantitative estimate of drug-likeness (QED) is 0.614. The number of hydrogen-bond donors (Lipinski definition) is 2. The van der Waals surface area contributed by atoms with Crippen molar-refractivity contribution in [1.82, 2.24) is 5.32 Å². The Morgan fingerprint density at radius 2 is 1.48 bits per heavy atom. The van der Waals surface area contributed by atoms with Gasteiger partial charge in [0, 0.05) is 0 Å². The molecule has 6 heteroatoms. The Morgan fingerprint density at radius 1 is 0.793 bits per heavy atom. The van der Waals surface area contributed by atoms with Crippen molar-refractivity contribution in [2.75, 3.05) is 19.0 Å². The van der Waals surface area contributed by atoms with Gasteiger partial charge in [0.25, 0.3) is 0 Å². The second-order valence-corrected chi connectivity index (χ2v) is 6.26. The molecule has 3 rings (SSSR count). The zero-order valence-corrected chi connectivity index (χ0v) is 16.1. The second-order valence-electron chi connectivity index (χ2n) is 6.26. The number of para-hydroxylation sites is 3. The van der Waals surface area contributed by atoms with E-state index in [0.29, 0.717) is 17.2 Å². The molecule has 3 aromatic carbocycles. The molecule has 0 atom stereocenters. The van der Waals surface area contributed by atoms with E-state index in [1.807, 2.05) is 48.5 Å². The number of carbonyl (C=O) groups is 2. The van der Waals surface area contributed by atoms with Crippen molar-refractivity contribution >= 4 is 17.5 Å². The standard InChI is InChI=1S/C23H22N2O4/c1-28-18-13-11-17(12-14-18)15-22(26)24-16-23(27)25-20-9-5-6-10-21(20)29-19-7-3-2-4-8-19/h2-14H,15-16H2,1H3,(H,24,26)(H,25,27). The maximum Gasteiger partial charge on any atom is 0.243 e. The van der Waals surface area contributed by atoms with Gasteiger partial charge >= 0.3 is 0 Å². The fraction of sp³-hybridized carbons (Fsp3) is 0.130. The van der Waals surface area contributed by atoms with Crippen molar-refractivity contribution in [3.63, 3.8) is 0 Å². The van der Waals surface area contributed by atoms with E-state index in [1.54, 1.807) is 37.4 Å². The van der Waals surface area contributed by atoms with Gasteiger partial charge in [-0.15, -0.1) is 0 Å². The van der Waals surface area contributed by atoms with Crippen LogP contribution in [0.1, 0.15) is 5.56 Å². The largest absolute Gasteiger partial charge is 0.497 e. The fourth-order valence-electron chi connectivity index (χ4n) is 2.64. The zero-order chi connectivity index (χ0) is 20.5. The van der Waals surface area contributed by atoms with Crippen LogP contribution in [0.4, 0.5) is 5.69 Å². The predicted molar refractivity (Wildman–Crippen MR) is 111 cm³/mol. The number of carbonyl (C=O) groups excluding carboxylic acids is 2. The fourth-order valence-corrected chi connectivity index (χ4v) is 2.64. The van der Waals surface area contributed by atoms with E-state index >= 15 is 0 Å². The first-order valence-electron chi connectivity index (χ1n) is 9.15. The number of rotatable bonds is 8. The third-order valence-corrected chi connectivity index (χ3v) is 4.10. The maximum absolute atomic E-state index is 12.3. The van der Waals surface area contributed by atoms with Crippen LogP contribution in [-0.2, 0) is 16.0 Å².